The third-order valence-electron chi connectivity index (χ3n) is 2.37. The van der Waals surface area contributed by atoms with Crippen molar-refractivity contribution in [1.29, 1.82) is 0 Å². The van der Waals surface area contributed by atoms with Crippen LogP contribution in [0.1, 0.15) is 18.1 Å². The molecular weight excluding hydrogens is 260 g/mol. The predicted molar refractivity (Wildman–Crippen MR) is 59.4 cm³/mol. The van der Waals surface area contributed by atoms with Gasteiger partial charge in [0.15, 0.2) is 6.29 Å². The molecule has 1 atom stereocenters. The summed E-state index contributed by atoms with van der Waals surface area (Å²) in [5.74, 6) is 0. The van der Waals surface area contributed by atoms with Gasteiger partial charge in [0.2, 0.25) is 0 Å². The second kappa shape index (κ2) is 5.07. The second-order valence-corrected chi connectivity index (χ2v) is 4.30. The van der Waals surface area contributed by atoms with Gasteiger partial charge in [-0.1, -0.05) is 34.1 Å². The molecule has 0 radical (unpaired) electrons. The van der Waals surface area contributed by atoms with Gasteiger partial charge in [-0.05, 0) is 11.6 Å². The van der Waals surface area contributed by atoms with E-state index in [4.69, 9.17) is 9.47 Å². The van der Waals surface area contributed by atoms with E-state index in [-0.39, 0.29) is 6.29 Å². The molecule has 0 aromatic heterocycles. The normalized spacial score (nSPS) is 19.3. The van der Waals surface area contributed by atoms with Crippen molar-refractivity contribution in [1.82, 2.24) is 0 Å². The molecule has 1 aliphatic heterocycles. The Labute approximate surface area is 97.1 Å². The SMILES string of the molecule is OC(CC1OCCO1)c1ccccc1Br. The highest BCUT2D eigenvalue weighted by Crippen LogP contribution is 2.27. The van der Waals surface area contributed by atoms with Crippen LogP contribution in [0.15, 0.2) is 28.7 Å². The van der Waals surface area contributed by atoms with Crippen molar-refractivity contribution in [3.05, 3.63) is 34.3 Å². The smallest absolute Gasteiger partial charge is 0.160 e. The number of aliphatic hydroxyl groups is 1. The highest BCUT2D eigenvalue weighted by molar-refractivity contribution is 9.10. The number of ether oxygens (including phenoxy) is 2. The van der Waals surface area contributed by atoms with Crippen molar-refractivity contribution in [3.8, 4) is 0 Å². The maximum atomic E-state index is 9.97. The Morgan fingerprint density at radius 1 is 1.33 bits per heavy atom. The number of benzene rings is 1. The third-order valence-corrected chi connectivity index (χ3v) is 3.09. The largest absolute Gasteiger partial charge is 0.388 e. The van der Waals surface area contributed by atoms with Gasteiger partial charge in [0.25, 0.3) is 0 Å². The zero-order valence-corrected chi connectivity index (χ0v) is 9.81. The van der Waals surface area contributed by atoms with Crippen LogP contribution in [-0.2, 0) is 9.47 Å². The van der Waals surface area contributed by atoms with Gasteiger partial charge in [-0.25, -0.2) is 0 Å². The van der Waals surface area contributed by atoms with E-state index in [1.54, 1.807) is 0 Å². The van der Waals surface area contributed by atoms with Crippen LogP contribution in [0.3, 0.4) is 0 Å². The Morgan fingerprint density at radius 3 is 2.67 bits per heavy atom. The van der Waals surface area contributed by atoms with E-state index in [1.807, 2.05) is 24.3 Å². The minimum absolute atomic E-state index is 0.271. The molecule has 0 aliphatic carbocycles. The quantitative estimate of drug-likeness (QED) is 0.918. The van der Waals surface area contributed by atoms with Gasteiger partial charge in [0.05, 0.1) is 19.3 Å². The maximum absolute atomic E-state index is 9.97. The highest BCUT2D eigenvalue weighted by Gasteiger charge is 2.21. The summed E-state index contributed by atoms with van der Waals surface area (Å²) in [6, 6.07) is 7.63. The first-order valence-corrected chi connectivity index (χ1v) is 5.72. The fraction of sp³-hybridized carbons (Fsp3) is 0.455. The molecule has 1 N–H and O–H groups in total. The van der Waals surface area contributed by atoms with Crippen LogP contribution in [0, 0.1) is 0 Å². The van der Waals surface area contributed by atoms with Crippen molar-refractivity contribution in [3.63, 3.8) is 0 Å². The molecule has 2 rings (SSSR count). The molecule has 0 bridgehead atoms. The van der Waals surface area contributed by atoms with Crippen LogP contribution in [0.4, 0.5) is 0 Å². The molecule has 1 aliphatic rings. The van der Waals surface area contributed by atoms with Crippen molar-refractivity contribution in [2.45, 2.75) is 18.8 Å². The fourth-order valence-corrected chi connectivity index (χ4v) is 2.15. The van der Waals surface area contributed by atoms with Gasteiger partial charge in [-0.2, -0.15) is 0 Å². The Morgan fingerprint density at radius 2 is 2.00 bits per heavy atom. The average Bonchev–Trinajstić information content (AvgIpc) is 2.71. The number of halogens is 1. The summed E-state index contributed by atoms with van der Waals surface area (Å²) in [7, 11) is 0. The standard InChI is InChI=1S/C11H13BrO3/c12-9-4-2-1-3-8(9)10(13)7-11-14-5-6-15-11/h1-4,10-11,13H,5-7H2. The number of hydrogen-bond donors (Lipinski definition) is 1. The van der Waals surface area contributed by atoms with Crippen LogP contribution in [0.25, 0.3) is 0 Å². The summed E-state index contributed by atoms with van der Waals surface area (Å²) < 4.78 is 11.5. The topological polar surface area (TPSA) is 38.7 Å². The van der Waals surface area contributed by atoms with E-state index in [0.29, 0.717) is 19.6 Å². The summed E-state index contributed by atoms with van der Waals surface area (Å²) in [5, 5.41) is 9.97. The van der Waals surface area contributed by atoms with E-state index in [2.05, 4.69) is 15.9 Å². The van der Waals surface area contributed by atoms with Gasteiger partial charge in [0.1, 0.15) is 0 Å². The fourth-order valence-electron chi connectivity index (χ4n) is 1.60. The monoisotopic (exact) mass is 272 g/mol. The number of rotatable bonds is 3. The Hall–Kier alpha value is -0.420. The van der Waals surface area contributed by atoms with Gasteiger partial charge < -0.3 is 14.6 Å². The van der Waals surface area contributed by atoms with E-state index in [9.17, 15) is 5.11 Å². The minimum Gasteiger partial charge on any atom is -0.388 e. The zero-order chi connectivity index (χ0) is 10.7. The molecule has 1 heterocycles. The molecule has 1 aromatic rings. The lowest BCUT2D eigenvalue weighted by molar-refractivity contribution is -0.0708. The van der Waals surface area contributed by atoms with Gasteiger partial charge in [-0.3, -0.25) is 0 Å². The molecule has 0 amide bonds. The first-order chi connectivity index (χ1) is 7.27. The summed E-state index contributed by atoms with van der Waals surface area (Å²) in [4.78, 5) is 0. The third kappa shape index (κ3) is 2.78. The van der Waals surface area contributed by atoms with Crippen molar-refractivity contribution in [2.24, 2.45) is 0 Å². The van der Waals surface area contributed by atoms with E-state index < -0.39 is 6.10 Å². The van der Waals surface area contributed by atoms with Crippen molar-refractivity contribution in [2.75, 3.05) is 13.2 Å². The molecule has 82 valence electrons. The molecule has 3 nitrogen and oxygen atoms in total. The zero-order valence-electron chi connectivity index (χ0n) is 8.23. The molecule has 0 spiro atoms. The molecule has 1 saturated heterocycles. The molecule has 15 heavy (non-hydrogen) atoms. The van der Waals surface area contributed by atoms with Crippen LogP contribution in [-0.4, -0.2) is 24.6 Å². The van der Waals surface area contributed by atoms with Gasteiger partial charge in [-0.15, -0.1) is 0 Å². The van der Waals surface area contributed by atoms with E-state index >= 15 is 0 Å². The first kappa shape index (κ1) is 11.1. The maximum Gasteiger partial charge on any atom is 0.160 e. The van der Waals surface area contributed by atoms with Crippen LogP contribution < -0.4 is 0 Å². The summed E-state index contributed by atoms with van der Waals surface area (Å²) in [6.45, 7) is 1.24. The van der Waals surface area contributed by atoms with Crippen LogP contribution in [0.2, 0.25) is 0 Å². The Balaban J connectivity index is 2.00. The Kier molecular flexibility index (Phi) is 3.75. The van der Waals surface area contributed by atoms with Crippen LogP contribution >= 0.6 is 15.9 Å². The summed E-state index contributed by atoms with van der Waals surface area (Å²) in [5.41, 5.74) is 0.872. The summed E-state index contributed by atoms with van der Waals surface area (Å²) >= 11 is 3.40. The molecular formula is C11H13BrO3. The molecule has 4 heteroatoms. The molecule has 0 saturated carbocycles. The lowest BCUT2D eigenvalue weighted by Gasteiger charge is -2.16. The first-order valence-electron chi connectivity index (χ1n) is 4.93. The molecule has 1 aromatic carbocycles. The summed E-state index contributed by atoms with van der Waals surface area (Å²) in [6.07, 6.45) is -0.349. The minimum atomic E-state index is -0.552. The van der Waals surface area contributed by atoms with E-state index in [0.717, 1.165) is 10.0 Å². The van der Waals surface area contributed by atoms with Crippen molar-refractivity contribution >= 4 is 15.9 Å². The van der Waals surface area contributed by atoms with Gasteiger partial charge in [0, 0.05) is 10.9 Å². The van der Waals surface area contributed by atoms with E-state index in [1.165, 1.54) is 0 Å². The van der Waals surface area contributed by atoms with Crippen molar-refractivity contribution < 1.29 is 14.6 Å². The average molecular weight is 273 g/mol. The lowest BCUT2D eigenvalue weighted by Crippen LogP contribution is -2.13. The Bertz CT molecular complexity index is 323. The van der Waals surface area contributed by atoms with Gasteiger partial charge >= 0.3 is 0 Å². The highest BCUT2D eigenvalue weighted by atomic mass is 79.9. The molecule has 1 unspecified atom stereocenters. The predicted octanol–water partition coefficient (Wildman–Crippen LogP) is 2.25. The number of hydrogen-bond acceptors (Lipinski definition) is 3. The molecule has 1 fully saturated rings. The van der Waals surface area contributed by atoms with Crippen LogP contribution in [0.5, 0.6) is 0 Å². The second-order valence-electron chi connectivity index (χ2n) is 3.44. The number of aliphatic hydroxyl groups excluding tert-OH is 1. The lowest BCUT2D eigenvalue weighted by atomic mass is 10.1.